The second-order valence-electron chi connectivity index (χ2n) is 4.04. The Bertz CT molecular complexity index is 627. The topological polar surface area (TPSA) is 104 Å². The second-order valence-corrected chi connectivity index (χ2v) is 5.98. The molecule has 0 unspecified atom stereocenters. The Balaban J connectivity index is 2.29. The first kappa shape index (κ1) is 12.5. The zero-order valence-electron chi connectivity index (χ0n) is 9.41. The number of carbonyl (C=O) groups is 1. The number of nitriles is 1. The minimum absolute atomic E-state index is 0.0233. The number of amides is 1. The highest BCUT2D eigenvalue weighted by Gasteiger charge is 2.36. The van der Waals surface area contributed by atoms with E-state index in [0.717, 1.165) is 0 Å². The summed E-state index contributed by atoms with van der Waals surface area (Å²) >= 11 is 0. The Hall–Kier alpha value is -1.91. The number of carbonyl (C=O) groups excluding carboxylic acids is 1. The third-order valence-corrected chi connectivity index (χ3v) is 4.61. The van der Waals surface area contributed by atoms with Crippen LogP contribution in [0.2, 0.25) is 0 Å². The summed E-state index contributed by atoms with van der Waals surface area (Å²) in [5.74, 6) is -0.926. The average Bonchev–Trinajstić information content (AvgIpc) is 2.27. The van der Waals surface area contributed by atoms with Crippen LogP contribution in [0, 0.1) is 17.2 Å². The molecule has 0 atom stereocenters. The number of hydrogen-bond acceptors (Lipinski definition) is 4. The zero-order valence-corrected chi connectivity index (χ0v) is 10.2. The van der Waals surface area contributed by atoms with Crippen molar-refractivity contribution in [3.8, 4) is 6.07 Å². The van der Waals surface area contributed by atoms with E-state index in [4.69, 9.17) is 11.0 Å². The van der Waals surface area contributed by atoms with Crippen molar-refractivity contribution < 1.29 is 13.2 Å². The molecule has 1 aromatic carbocycles. The molecule has 0 bridgehead atoms. The Kier molecular flexibility index (Phi) is 3.07. The summed E-state index contributed by atoms with van der Waals surface area (Å²) in [7, 11) is -3.63. The third-order valence-electron chi connectivity index (χ3n) is 2.79. The van der Waals surface area contributed by atoms with Crippen LogP contribution in [-0.4, -0.2) is 31.7 Å². The van der Waals surface area contributed by atoms with Crippen molar-refractivity contribution in [1.82, 2.24) is 4.31 Å². The highest BCUT2D eigenvalue weighted by molar-refractivity contribution is 7.89. The van der Waals surface area contributed by atoms with Crippen molar-refractivity contribution in [3.05, 3.63) is 29.8 Å². The van der Waals surface area contributed by atoms with Crippen LogP contribution >= 0.6 is 0 Å². The monoisotopic (exact) mass is 265 g/mol. The average molecular weight is 265 g/mol. The highest BCUT2D eigenvalue weighted by Crippen LogP contribution is 2.24. The minimum atomic E-state index is -3.63. The second kappa shape index (κ2) is 4.40. The van der Waals surface area contributed by atoms with Gasteiger partial charge in [-0.2, -0.15) is 9.57 Å². The molecular weight excluding hydrogens is 254 g/mol. The van der Waals surface area contributed by atoms with Gasteiger partial charge in [0.1, 0.15) is 0 Å². The number of nitrogens with zero attached hydrogens (tertiary/aromatic N) is 2. The van der Waals surface area contributed by atoms with E-state index in [-0.39, 0.29) is 29.5 Å². The molecule has 1 aliphatic rings. The molecule has 0 saturated carbocycles. The molecule has 7 heteroatoms. The molecule has 1 fully saturated rings. The van der Waals surface area contributed by atoms with Crippen LogP contribution in [0.3, 0.4) is 0 Å². The summed E-state index contributed by atoms with van der Waals surface area (Å²) in [6.07, 6.45) is 0. The molecule has 1 saturated heterocycles. The molecule has 1 aromatic rings. The van der Waals surface area contributed by atoms with Crippen molar-refractivity contribution >= 4 is 15.9 Å². The number of hydrogen-bond donors (Lipinski definition) is 1. The fourth-order valence-electron chi connectivity index (χ4n) is 1.67. The third kappa shape index (κ3) is 2.08. The van der Waals surface area contributed by atoms with Gasteiger partial charge < -0.3 is 5.73 Å². The predicted octanol–water partition coefficient (Wildman–Crippen LogP) is -0.0704. The van der Waals surface area contributed by atoms with E-state index in [2.05, 4.69) is 0 Å². The van der Waals surface area contributed by atoms with Gasteiger partial charge in [0.25, 0.3) is 0 Å². The summed E-state index contributed by atoms with van der Waals surface area (Å²) in [4.78, 5) is 11.0. The molecule has 94 valence electrons. The summed E-state index contributed by atoms with van der Waals surface area (Å²) in [5, 5.41) is 8.62. The Morgan fingerprint density at radius 3 is 2.67 bits per heavy atom. The SMILES string of the molecule is N#CC1CN(S(=O)(=O)c2cccc(C(N)=O)c2)C1. The van der Waals surface area contributed by atoms with Gasteiger partial charge in [-0.1, -0.05) is 6.07 Å². The van der Waals surface area contributed by atoms with E-state index in [1.807, 2.05) is 6.07 Å². The van der Waals surface area contributed by atoms with E-state index in [0.29, 0.717) is 0 Å². The predicted molar refractivity (Wildman–Crippen MR) is 62.8 cm³/mol. The van der Waals surface area contributed by atoms with Gasteiger partial charge in [-0.25, -0.2) is 8.42 Å². The maximum atomic E-state index is 12.1. The molecule has 1 aliphatic heterocycles. The number of primary amides is 1. The van der Waals surface area contributed by atoms with E-state index in [9.17, 15) is 13.2 Å². The summed E-state index contributed by atoms with van der Waals surface area (Å²) in [6.45, 7) is 0.388. The standard InChI is InChI=1S/C11H11N3O3S/c12-5-8-6-14(7-8)18(16,17)10-3-1-2-9(4-10)11(13)15/h1-4,8H,6-7H2,(H2,13,15). The van der Waals surface area contributed by atoms with Crippen LogP contribution in [-0.2, 0) is 10.0 Å². The first-order valence-corrected chi connectivity index (χ1v) is 6.69. The smallest absolute Gasteiger partial charge is 0.248 e. The van der Waals surface area contributed by atoms with Crippen LogP contribution in [0.15, 0.2) is 29.2 Å². The van der Waals surface area contributed by atoms with Crippen molar-refractivity contribution in [1.29, 1.82) is 5.26 Å². The van der Waals surface area contributed by atoms with Crippen molar-refractivity contribution in [2.75, 3.05) is 13.1 Å². The van der Waals surface area contributed by atoms with Crippen molar-refractivity contribution in [2.45, 2.75) is 4.90 Å². The minimum Gasteiger partial charge on any atom is -0.366 e. The van der Waals surface area contributed by atoms with Crippen LogP contribution < -0.4 is 5.73 Å². The van der Waals surface area contributed by atoms with Gasteiger partial charge in [0.05, 0.1) is 16.9 Å². The van der Waals surface area contributed by atoms with E-state index in [1.165, 1.54) is 28.6 Å². The number of nitrogens with two attached hydrogens (primary N) is 1. The fraction of sp³-hybridized carbons (Fsp3) is 0.273. The molecule has 2 N–H and O–H groups in total. The maximum Gasteiger partial charge on any atom is 0.248 e. The number of benzene rings is 1. The molecule has 0 aromatic heterocycles. The molecule has 2 rings (SSSR count). The molecule has 0 aliphatic carbocycles. The number of rotatable bonds is 3. The molecule has 1 amide bonds. The maximum absolute atomic E-state index is 12.1. The van der Waals surface area contributed by atoms with Crippen LogP contribution in [0.1, 0.15) is 10.4 Å². The Morgan fingerprint density at radius 1 is 1.44 bits per heavy atom. The number of sulfonamides is 1. The van der Waals surface area contributed by atoms with E-state index >= 15 is 0 Å². The summed E-state index contributed by atoms with van der Waals surface area (Å²) in [5.41, 5.74) is 5.25. The quantitative estimate of drug-likeness (QED) is 0.825. The zero-order chi connectivity index (χ0) is 13.3. The van der Waals surface area contributed by atoms with Crippen molar-refractivity contribution in [2.24, 2.45) is 11.7 Å². The summed E-state index contributed by atoms with van der Waals surface area (Å²) < 4.78 is 25.4. The normalized spacial score (nSPS) is 16.8. The van der Waals surface area contributed by atoms with Gasteiger partial charge in [-0.05, 0) is 18.2 Å². The molecule has 18 heavy (non-hydrogen) atoms. The molecular formula is C11H11N3O3S. The summed E-state index contributed by atoms with van der Waals surface area (Å²) in [6, 6.07) is 7.58. The van der Waals surface area contributed by atoms with Gasteiger partial charge in [0.2, 0.25) is 15.9 Å². The first-order chi connectivity index (χ1) is 8.45. The van der Waals surface area contributed by atoms with Crippen LogP contribution in [0.4, 0.5) is 0 Å². The lowest BCUT2D eigenvalue weighted by molar-refractivity contribution is 0.1000. The lowest BCUT2D eigenvalue weighted by Gasteiger charge is -2.33. The lowest BCUT2D eigenvalue weighted by atomic mass is 10.1. The molecule has 6 nitrogen and oxygen atoms in total. The largest absolute Gasteiger partial charge is 0.366 e. The lowest BCUT2D eigenvalue weighted by Crippen LogP contribution is -2.49. The van der Waals surface area contributed by atoms with Gasteiger partial charge in [-0.3, -0.25) is 4.79 Å². The van der Waals surface area contributed by atoms with Gasteiger partial charge in [-0.15, -0.1) is 0 Å². The van der Waals surface area contributed by atoms with E-state index in [1.54, 1.807) is 0 Å². The molecule has 0 spiro atoms. The van der Waals surface area contributed by atoms with Crippen LogP contribution in [0.5, 0.6) is 0 Å². The molecule has 0 radical (unpaired) electrons. The van der Waals surface area contributed by atoms with Gasteiger partial charge >= 0.3 is 0 Å². The first-order valence-electron chi connectivity index (χ1n) is 5.25. The van der Waals surface area contributed by atoms with E-state index < -0.39 is 15.9 Å². The van der Waals surface area contributed by atoms with Gasteiger partial charge in [0, 0.05) is 18.7 Å². The van der Waals surface area contributed by atoms with Crippen molar-refractivity contribution in [3.63, 3.8) is 0 Å². The Morgan fingerprint density at radius 2 is 2.11 bits per heavy atom. The van der Waals surface area contributed by atoms with Crippen LogP contribution in [0.25, 0.3) is 0 Å². The molecule has 1 heterocycles. The van der Waals surface area contributed by atoms with Gasteiger partial charge in [0.15, 0.2) is 0 Å². The highest BCUT2D eigenvalue weighted by atomic mass is 32.2. The Labute approximate surface area is 105 Å². The fourth-order valence-corrected chi connectivity index (χ4v) is 3.25.